The van der Waals surface area contributed by atoms with Gasteiger partial charge in [0.1, 0.15) is 11.6 Å². The Morgan fingerprint density at radius 1 is 1.19 bits per heavy atom. The van der Waals surface area contributed by atoms with Crippen LogP contribution in [-0.2, 0) is 16.0 Å². The lowest BCUT2D eigenvalue weighted by Gasteiger charge is -2.28. The number of nitrogens with one attached hydrogen (secondary N) is 1. The van der Waals surface area contributed by atoms with Crippen LogP contribution in [0.1, 0.15) is 37.7 Å². The Hall–Kier alpha value is -1.98. The smallest absolute Gasteiger partial charge is 0.305 e. The predicted octanol–water partition coefficient (Wildman–Crippen LogP) is 2.41. The van der Waals surface area contributed by atoms with Gasteiger partial charge in [0.25, 0.3) is 0 Å². The summed E-state index contributed by atoms with van der Waals surface area (Å²) in [5.74, 6) is -3.09. The summed E-state index contributed by atoms with van der Waals surface area (Å²) in [5, 5.41) is 11.6. The first-order valence-corrected chi connectivity index (χ1v) is 6.88. The fraction of sp³-hybridized carbons (Fsp3) is 0.467. The highest BCUT2D eigenvalue weighted by Crippen LogP contribution is 2.32. The highest BCUT2D eigenvalue weighted by molar-refractivity contribution is 5.80. The number of hydrogen-bond acceptors (Lipinski definition) is 2. The molecule has 0 saturated heterocycles. The average Bonchev–Trinajstić information content (AvgIpc) is 2.81. The first kappa shape index (κ1) is 15.4. The van der Waals surface area contributed by atoms with E-state index in [0.717, 1.165) is 25.0 Å². The molecule has 1 aliphatic rings. The van der Waals surface area contributed by atoms with Gasteiger partial charge in [-0.05, 0) is 25.0 Å². The molecule has 1 aromatic carbocycles. The van der Waals surface area contributed by atoms with Gasteiger partial charge in [-0.2, -0.15) is 0 Å². The molecule has 0 atom stereocenters. The van der Waals surface area contributed by atoms with E-state index in [2.05, 4.69) is 5.32 Å². The van der Waals surface area contributed by atoms with Gasteiger partial charge in [0.2, 0.25) is 5.91 Å². The lowest BCUT2D eigenvalue weighted by Crippen LogP contribution is -2.48. The molecule has 0 aromatic heterocycles. The van der Waals surface area contributed by atoms with Crippen molar-refractivity contribution in [3.8, 4) is 0 Å². The van der Waals surface area contributed by atoms with Gasteiger partial charge < -0.3 is 10.4 Å². The molecule has 2 N–H and O–H groups in total. The Morgan fingerprint density at radius 2 is 1.76 bits per heavy atom. The van der Waals surface area contributed by atoms with E-state index >= 15 is 0 Å². The quantitative estimate of drug-likeness (QED) is 0.877. The number of amides is 1. The minimum Gasteiger partial charge on any atom is -0.481 e. The SMILES string of the molecule is O=C(O)CC1(NC(=O)Cc2c(F)cccc2F)CCCC1. The Kier molecular flexibility index (Phi) is 4.55. The molecule has 1 aromatic rings. The molecule has 6 heteroatoms. The van der Waals surface area contributed by atoms with E-state index < -0.39 is 35.5 Å². The third kappa shape index (κ3) is 3.77. The van der Waals surface area contributed by atoms with Gasteiger partial charge in [0, 0.05) is 5.56 Å². The maximum Gasteiger partial charge on any atom is 0.305 e. The predicted molar refractivity (Wildman–Crippen MR) is 71.7 cm³/mol. The van der Waals surface area contributed by atoms with E-state index in [1.54, 1.807) is 0 Å². The largest absolute Gasteiger partial charge is 0.481 e. The molecule has 0 spiro atoms. The van der Waals surface area contributed by atoms with E-state index in [9.17, 15) is 18.4 Å². The van der Waals surface area contributed by atoms with Crippen LogP contribution >= 0.6 is 0 Å². The average molecular weight is 297 g/mol. The van der Waals surface area contributed by atoms with Crippen molar-refractivity contribution in [3.63, 3.8) is 0 Å². The molecule has 0 unspecified atom stereocenters. The van der Waals surface area contributed by atoms with Crippen molar-refractivity contribution in [1.29, 1.82) is 0 Å². The molecule has 114 valence electrons. The van der Waals surface area contributed by atoms with Gasteiger partial charge in [-0.25, -0.2) is 8.78 Å². The third-order valence-electron chi connectivity index (χ3n) is 3.85. The fourth-order valence-electron chi connectivity index (χ4n) is 2.89. The zero-order valence-corrected chi connectivity index (χ0v) is 11.5. The summed E-state index contributed by atoms with van der Waals surface area (Å²) in [7, 11) is 0. The second-order valence-electron chi connectivity index (χ2n) is 5.48. The second kappa shape index (κ2) is 6.20. The topological polar surface area (TPSA) is 66.4 Å². The maximum absolute atomic E-state index is 13.5. The van der Waals surface area contributed by atoms with Crippen LogP contribution in [0.15, 0.2) is 18.2 Å². The highest BCUT2D eigenvalue weighted by Gasteiger charge is 2.37. The zero-order chi connectivity index (χ0) is 15.5. The van der Waals surface area contributed by atoms with Crippen molar-refractivity contribution < 1.29 is 23.5 Å². The van der Waals surface area contributed by atoms with Crippen molar-refractivity contribution >= 4 is 11.9 Å². The summed E-state index contributed by atoms with van der Waals surface area (Å²) < 4.78 is 27.0. The van der Waals surface area contributed by atoms with Gasteiger partial charge in [-0.1, -0.05) is 18.9 Å². The normalized spacial score (nSPS) is 16.7. The first-order valence-electron chi connectivity index (χ1n) is 6.88. The maximum atomic E-state index is 13.5. The van der Waals surface area contributed by atoms with Crippen molar-refractivity contribution in [3.05, 3.63) is 35.4 Å². The Bertz CT molecular complexity index is 534. The molecular weight excluding hydrogens is 280 g/mol. The minimum atomic E-state index is -0.991. The molecule has 1 amide bonds. The minimum absolute atomic E-state index is 0.168. The fourth-order valence-corrected chi connectivity index (χ4v) is 2.89. The number of halogens is 2. The van der Waals surface area contributed by atoms with Crippen LogP contribution in [0.3, 0.4) is 0 Å². The first-order chi connectivity index (χ1) is 9.92. The van der Waals surface area contributed by atoms with Gasteiger partial charge in [-0.15, -0.1) is 0 Å². The van der Waals surface area contributed by atoms with Crippen LogP contribution in [0.25, 0.3) is 0 Å². The monoisotopic (exact) mass is 297 g/mol. The molecule has 0 radical (unpaired) electrons. The summed E-state index contributed by atoms with van der Waals surface area (Å²) in [6.45, 7) is 0. The molecule has 1 saturated carbocycles. The van der Waals surface area contributed by atoms with Crippen LogP contribution in [0.4, 0.5) is 8.78 Å². The number of carboxylic acid groups (broad SMARTS) is 1. The van der Waals surface area contributed by atoms with Crippen LogP contribution in [0, 0.1) is 11.6 Å². The standard InChI is InChI=1S/C15H17F2NO3/c16-11-4-3-5-12(17)10(11)8-13(19)18-15(9-14(20)21)6-1-2-7-15/h3-5H,1-2,6-9H2,(H,18,19)(H,20,21). The highest BCUT2D eigenvalue weighted by atomic mass is 19.1. The van der Waals surface area contributed by atoms with Crippen LogP contribution in [0.5, 0.6) is 0 Å². The lowest BCUT2D eigenvalue weighted by atomic mass is 9.92. The molecular formula is C15H17F2NO3. The summed E-state index contributed by atoms with van der Waals surface area (Å²) >= 11 is 0. The molecule has 0 aliphatic heterocycles. The van der Waals surface area contributed by atoms with Crippen molar-refractivity contribution in [2.75, 3.05) is 0 Å². The van der Waals surface area contributed by atoms with Crippen molar-refractivity contribution in [2.45, 2.75) is 44.1 Å². The molecule has 0 heterocycles. The number of aliphatic carboxylic acids is 1. The number of carbonyl (C=O) groups excluding carboxylic acids is 1. The molecule has 0 bridgehead atoms. The summed E-state index contributed by atoms with van der Waals surface area (Å²) in [6.07, 6.45) is 2.22. The molecule has 1 aliphatic carbocycles. The summed E-state index contributed by atoms with van der Waals surface area (Å²) in [6, 6.07) is 3.41. The number of hydrogen-bond donors (Lipinski definition) is 2. The second-order valence-corrected chi connectivity index (χ2v) is 5.48. The molecule has 4 nitrogen and oxygen atoms in total. The van der Waals surface area contributed by atoms with E-state index in [0.29, 0.717) is 12.8 Å². The van der Waals surface area contributed by atoms with Gasteiger partial charge in [0.05, 0.1) is 18.4 Å². The number of carbonyl (C=O) groups is 2. The zero-order valence-electron chi connectivity index (χ0n) is 11.5. The van der Waals surface area contributed by atoms with E-state index in [4.69, 9.17) is 5.11 Å². The number of rotatable bonds is 5. The number of benzene rings is 1. The summed E-state index contributed by atoms with van der Waals surface area (Å²) in [4.78, 5) is 23.0. The van der Waals surface area contributed by atoms with Gasteiger partial charge in [-0.3, -0.25) is 9.59 Å². The molecule has 2 rings (SSSR count). The Balaban J connectivity index is 2.08. The van der Waals surface area contributed by atoms with Gasteiger partial charge >= 0.3 is 5.97 Å². The third-order valence-corrected chi connectivity index (χ3v) is 3.85. The van der Waals surface area contributed by atoms with Crippen LogP contribution < -0.4 is 5.32 Å². The molecule has 1 fully saturated rings. The molecule has 21 heavy (non-hydrogen) atoms. The summed E-state index contributed by atoms with van der Waals surface area (Å²) in [5.41, 5.74) is -1.08. The van der Waals surface area contributed by atoms with E-state index in [-0.39, 0.29) is 12.0 Å². The lowest BCUT2D eigenvalue weighted by molar-refractivity contribution is -0.139. The number of carboxylic acids is 1. The van der Waals surface area contributed by atoms with Crippen molar-refractivity contribution in [2.24, 2.45) is 0 Å². The van der Waals surface area contributed by atoms with E-state index in [1.807, 2.05) is 0 Å². The van der Waals surface area contributed by atoms with E-state index in [1.165, 1.54) is 6.07 Å². The van der Waals surface area contributed by atoms with Crippen molar-refractivity contribution in [1.82, 2.24) is 5.32 Å². The van der Waals surface area contributed by atoms with Crippen LogP contribution in [0.2, 0.25) is 0 Å². The Labute approximate surface area is 121 Å². The Morgan fingerprint density at radius 3 is 2.29 bits per heavy atom. The van der Waals surface area contributed by atoms with Crippen LogP contribution in [-0.4, -0.2) is 22.5 Å². The van der Waals surface area contributed by atoms with Gasteiger partial charge in [0.15, 0.2) is 0 Å².